The van der Waals surface area contributed by atoms with Crippen LogP contribution in [0.5, 0.6) is 11.5 Å². The molecule has 1 unspecified atom stereocenters. The summed E-state index contributed by atoms with van der Waals surface area (Å²) < 4.78 is 17.1. The van der Waals surface area contributed by atoms with E-state index in [9.17, 15) is 4.79 Å². The zero-order valence-corrected chi connectivity index (χ0v) is 20.5. The zero-order valence-electron chi connectivity index (χ0n) is 20.5. The summed E-state index contributed by atoms with van der Waals surface area (Å²) in [6.45, 7) is 0. The highest BCUT2D eigenvalue weighted by atomic mass is 16.5. The predicted molar refractivity (Wildman–Crippen MR) is 138 cm³/mol. The van der Waals surface area contributed by atoms with Crippen molar-refractivity contribution in [1.29, 1.82) is 0 Å². The van der Waals surface area contributed by atoms with Crippen LogP contribution in [0, 0.1) is 0 Å². The lowest BCUT2D eigenvalue weighted by Gasteiger charge is -2.36. The molecule has 0 radical (unpaired) electrons. The van der Waals surface area contributed by atoms with Crippen LogP contribution in [0.4, 0.5) is 0 Å². The van der Waals surface area contributed by atoms with Crippen LogP contribution in [-0.4, -0.2) is 26.3 Å². The predicted octanol–water partition coefficient (Wildman–Crippen LogP) is 6.75. The first-order valence-corrected chi connectivity index (χ1v) is 12.4. The quantitative estimate of drug-likeness (QED) is 0.376. The Morgan fingerprint density at radius 3 is 2.23 bits per heavy atom. The average molecular weight is 469 g/mol. The molecule has 1 fully saturated rings. The Morgan fingerprint density at radius 1 is 0.829 bits per heavy atom. The summed E-state index contributed by atoms with van der Waals surface area (Å²) in [6.07, 6.45) is 10.4. The average Bonchev–Trinajstić information content (AvgIpc) is 2.93. The van der Waals surface area contributed by atoms with Gasteiger partial charge in [-0.1, -0.05) is 61.0 Å². The molecule has 0 aromatic heterocycles. The van der Waals surface area contributed by atoms with E-state index in [1.807, 2.05) is 30.3 Å². The molecule has 0 heterocycles. The number of allylic oxidation sites excluding steroid dienone is 1. The number of hydrogen-bond acceptors (Lipinski definition) is 4. The van der Waals surface area contributed by atoms with Crippen molar-refractivity contribution in [3.63, 3.8) is 0 Å². The number of esters is 1. The van der Waals surface area contributed by atoms with E-state index < -0.39 is 5.41 Å². The third-order valence-electron chi connectivity index (χ3n) is 7.46. The molecule has 1 atom stereocenters. The van der Waals surface area contributed by atoms with Gasteiger partial charge in [0, 0.05) is 11.0 Å². The molecule has 0 bridgehead atoms. The Morgan fingerprint density at radius 2 is 1.54 bits per heavy atom. The lowest BCUT2D eigenvalue weighted by atomic mass is 9.67. The third kappa shape index (κ3) is 4.45. The second-order valence-electron chi connectivity index (χ2n) is 9.45. The van der Waals surface area contributed by atoms with Gasteiger partial charge in [0.05, 0.1) is 19.8 Å². The van der Waals surface area contributed by atoms with Crippen LogP contribution in [0.1, 0.15) is 64.7 Å². The Kier molecular flexibility index (Phi) is 6.63. The van der Waals surface area contributed by atoms with Crippen LogP contribution in [0.15, 0.2) is 72.8 Å². The maximum atomic E-state index is 13.2. The molecular weight excluding hydrogens is 436 g/mol. The monoisotopic (exact) mass is 468 g/mol. The fourth-order valence-electron chi connectivity index (χ4n) is 5.54. The molecule has 0 saturated heterocycles. The van der Waals surface area contributed by atoms with Crippen LogP contribution < -0.4 is 9.47 Å². The first-order valence-electron chi connectivity index (χ1n) is 12.4. The normalized spacial score (nSPS) is 19.6. The van der Waals surface area contributed by atoms with E-state index >= 15 is 0 Å². The number of ether oxygens (including phenoxy) is 3. The smallest absolute Gasteiger partial charge is 0.339 e. The second-order valence-corrected chi connectivity index (χ2v) is 9.45. The summed E-state index contributed by atoms with van der Waals surface area (Å²) >= 11 is 0. The van der Waals surface area contributed by atoms with E-state index in [0.29, 0.717) is 12.0 Å². The van der Waals surface area contributed by atoms with E-state index in [2.05, 4.69) is 48.6 Å². The van der Waals surface area contributed by atoms with E-state index in [1.165, 1.54) is 12.0 Å². The highest BCUT2D eigenvalue weighted by Crippen LogP contribution is 2.45. The van der Waals surface area contributed by atoms with Gasteiger partial charge in [-0.25, -0.2) is 4.79 Å². The molecule has 2 aliphatic rings. The Labute approximate surface area is 207 Å². The van der Waals surface area contributed by atoms with Gasteiger partial charge in [0.1, 0.15) is 17.6 Å². The highest BCUT2D eigenvalue weighted by molar-refractivity contribution is 5.95. The van der Waals surface area contributed by atoms with Crippen molar-refractivity contribution in [2.75, 3.05) is 14.2 Å². The Balaban J connectivity index is 1.58. The molecule has 180 valence electrons. The molecular formula is C31H32O4. The van der Waals surface area contributed by atoms with E-state index in [1.54, 1.807) is 14.2 Å². The third-order valence-corrected chi connectivity index (χ3v) is 7.46. The van der Waals surface area contributed by atoms with Crippen molar-refractivity contribution in [2.45, 2.75) is 50.0 Å². The van der Waals surface area contributed by atoms with Gasteiger partial charge in [0.2, 0.25) is 0 Å². The molecule has 3 aromatic carbocycles. The van der Waals surface area contributed by atoms with Crippen molar-refractivity contribution >= 4 is 12.0 Å². The molecule has 1 saturated carbocycles. The van der Waals surface area contributed by atoms with E-state index in [0.717, 1.165) is 53.9 Å². The number of hydrogen-bond donors (Lipinski definition) is 0. The minimum atomic E-state index is -0.403. The van der Waals surface area contributed by atoms with Crippen LogP contribution >= 0.6 is 0 Å². The lowest BCUT2D eigenvalue weighted by molar-refractivity contribution is 0.0210. The number of fused-ring (bicyclic) bond motifs is 1. The molecule has 4 nitrogen and oxygen atoms in total. The molecule has 0 spiro atoms. The standard InChI is InChI=1S/C31H32O4/c1-33-24-15-13-23(14-16-24)31(22-9-5-3-6-10-22)20-19-26-27(17-18-29(34-2)28(26)21-31)30(32)35-25-11-7-4-8-12-25/h3,5-6,9-10,13-20,25H,4,7-8,11-12,21H2,1-2H3. The molecule has 3 aromatic rings. The molecule has 35 heavy (non-hydrogen) atoms. The van der Waals surface area contributed by atoms with Gasteiger partial charge in [-0.15, -0.1) is 0 Å². The fourth-order valence-corrected chi connectivity index (χ4v) is 5.54. The van der Waals surface area contributed by atoms with E-state index in [4.69, 9.17) is 14.2 Å². The van der Waals surface area contributed by atoms with Crippen molar-refractivity contribution in [1.82, 2.24) is 0 Å². The Hall–Kier alpha value is -3.53. The van der Waals surface area contributed by atoms with Crippen LogP contribution in [0.2, 0.25) is 0 Å². The van der Waals surface area contributed by atoms with Gasteiger partial charge in [-0.2, -0.15) is 0 Å². The van der Waals surface area contributed by atoms with Crippen LogP contribution in [0.25, 0.3) is 6.08 Å². The minimum absolute atomic E-state index is 0.0179. The summed E-state index contributed by atoms with van der Waals surface area (Å²) in [5, 5.41) is 0. The summed E-state index contributed by atoms with van der Waals surface area (Å²) in [7, 11) is 3.36. The lowest BCUT2D eigenvalue weighted by Crippen LogP contribution is -2.31. The zero-order chi connectivity index (χ0) is 24.3. The first-order chi connectivity index (χ1) is 17.1. The van der Waals surface area contributed by atoms with E-state index in [-0.39, 0.29) is 12.1 Å². The van der Waals surface area contributed by atoms with Crippen molar-refractivity contribution in [2.24, 2.45) is 0 Å². The minimum Gasteiger partial charge on any atom is -0.497 e. The fraction of sp³-hybridized carbons (Fsp3) is 0.323. The largest absolute Gasteiger partial charge is 0.497 e. The maximum Gasteiger partial charge on any atom is 0.339 e. The second kappa shape index (κ2) is 9.99. The SMILES string of the molecule is COc1ccc(C2(c3ccccc3)C=Cc3c(C(=O)OC4CCCCC4)ccc(OC)c3C2)cc1. The van der Waals surface area contributed by atoms with Crippen LogP contribution in [0.3, 0.4) is 0 Å². The number of benzene rings is 3. The highest BCUT2D eigenvalue weighted by Gasteiger charge is 2.37. The molecule has 4 heteroatoms. The van der Waals surface area contributed by atoms with Crippen molar-refractivity contribution in [3.05, 3.63) is 101 Å². The summed E-state index contributed by atoms with van der Waals surface area (Å²) in [6, 6.07) is 22.5. The molecule has 0 N–H and O–H groups in total. The van der Waals surface area contributed by atoms with Crippen LogP contribution in [-0.2, 0) is 16.6 Å². The summed E-state index contributed by atoms with van der Waals surface area (Å²) in [4.78, 5) is 13.2. The summed E-state index contributed by atoms with van der Waals surface area (Å²) in [5.74, 6) is 1.37. The number of rotatable bonds is 6. The van der Waals surface area contributed by atoms with Gasteiger partial charge in [-0.3, -0.25) is 0 Å². The van der Waals surface area contributed by atoms with Gasteiger partial charge < -0.3 is 14.2 Å². The molecule has 0 aliphatic heterocycles. The Bertz CT molecular complexity index is 1210. The van der Waals surface area contributed by atoms with Gasteiger partial charge in [0.15, 0.2) is 0 Å². The summed E-state index contributed by atoms with van der Waals surface area (Å²) in [5.41, 5.74) is 4.46. The maximum absolute atomic E-state index is 13.2. The number of carbonyl (C=O) groups excluding carboxylic acids is 1. The molecule has 2 aliphatic carbocycles. The van der Waals surface area contributed by atoms with Gasteiger partial charge in [0.25, 0.3) is 0 Å². The topological polar surface area (TPSA) is 44.8 Å². The number of methoxy groups -OCH3 is 2. The van der Waals surface area contributed by atoms with Gasteiger partial charge in [-0.05, 0) is 73.1 Å². The molecule has 0 amide bonds. The van der Waals surface area contributed by atoms with Gasteiger partial charge >= 0.3 is 5.97 Å². The first kappa shape index (κ1) is 23.2. The number of carbonyl (C=O) groups is 1. The van der Waals surface area contributed by atoms with Crippen molar-refractivity contribution < 1.29 is 19.0 Å². The van der Waals surface area contributed by atoms with Crippen molar-refractivity contribution in [3.8, 4) is 11.5 Å². The molecule has 5 rings (SSSR count).